The van der Waals surface area contributed by atoms with Crippen molar-refractivity contribution in [2.75, 3.05) is 26.3 Å². The van der Waals surface area contributed by atoms with E-state index in [-0.39, 0.29) is 17.6 Å². The molecule has 254 valence electrons. The minimum absolute atomic E-state index is 0.0131. The number of benzene rings is 2. The van der Waals surface area contributed by atoms with Crippen molar-refractivity contribution in [1.82, 2.24) is 20.1 Å². The van der Waals surface area contributed by atoms with E-state index in [0.29, 0.717) is 24.5 Å². The summed E-state index contributed by atoms with van der Waals surface area (Å²) in [5.74, 6) is 0.509. The van der Waals surface area contributed by atoms with Gasteiger partial charge in [0, 0.05) is 13.1 Å². The molecule has 0 aliphatic carbocycles. The van der Waals surface area contributed by atoms with E-state index in [1.165, 1.54) is 12.1 Å². The van der Waals surface area contributed by atoms with Gasteiger partial charge in [0.05, 0.1) is 37.5 Å². The molecule has 1 aliphatic rings. The van der Waals surface area contributed by atoms with Crippen LogP contribution < -0.4 is 5.69 Å². The Kier molecular flexibility index (Phi) is 26.9. The van der Waals surface area contributed by atoms with Crippen LogP contribution in [0.1, 0.15) is 77.9 Å². The van der Waals surface area contributed by atoms with Gasteiger partial charge in [-0.05, 0) is 35.9 Å². The summed E-state index contributed by atoms with van der Waals surface area (Å²) >= 11 is 0. The van der Waals surface area contributed by atoms with E-state index in [1.807, 2.05) is 55.4 Å². The predicted octanol–water partition coefficient (Wildman–Crippen LogP) is 8.08. The molecule has 0 amide bonds. The number of aromatic amines is 2. The minimum Gasteiger partial charge on any atom is -0.392 e. The summed E-state index contributed by atoms with van der Waals surface area (Å²) in [7, 11) is 0. The lowest BCUT2D eigenvalue weighted by Crippen LogP contribution is -2.36. The van der Waals surface area contributed by atoms with E-state index in [2.05, 4.69) is 20.1 Å². The van der Waals surface area contributed by atoms with Gasteiger partial charge in [0.1, 0.15) is 11.6 Å². The lowest BCUT2D eigenvalue weighted by atomic mass is 10.1. The van der Waals surface area contributed by atoms with Crippen molar-refractivity contribution in [3.05, 3.63) is 87.3 Å². The maximum absolute atomic E-state index is 12.2. The zero-order valence-corrected chi connectivity index (χ0v) is 26.7. The monoisotopic (exact) mass is 644 g/mol. The molecule has 3 N–H and O–H groups in total. The SMILES string of the molecule is CC.CC.CC.CC.Fc1ccccc1.O=c1[nH]nc(CN2CCOCC2)[nH]1.OCc1cc(C(F)(F)F)cc(C(F)(F)F)c1. The summed E-state index contributed by atoms with van der Waals surface area (Å²) in [6.45, 7) is 19.1. The third-order valence-corrected chi connectivity index (χ3v) is 4.59. The van der Waals surface area contributed by atoms with Gasteiger partial charge in [-0.25, -0.2) is 14.3 Å². The number of halogens is 7. The number of hydrogen-bond acceptors (Lipinski definition) is 5. The number of hydrogen-bond donors (Lipinski definition) is 3. The Morgan fingerprint density at radius 3 is 1.59 bits per heavy atom. The molecule has 2 aromatic carbocycles. The first-order valence-corrected chi connectivity index (χ1v) is 14.4. The first-order valence-electron chi connectivity index (χ1n) is 14.4. The van der Waals surface area contributed by atoms with E-state index < -0.39 is 35.6 Å². The highest BCUT2D eigenvalue weighted by molar-refractivity contribution is 5.33. The first kappa shape index (κ1) is 45.2. The second-order valence-corrected chi connectivity index (χ2v) is 7.38. The standard InChI is InChI=1S/C9H6F6O.C7H12N4O2.C6H5F.4C2H6/c10-8(11,12)6-1-5(4-16)2-7(3-6)9(13,14)15;12-7-8-6(9-10-7)5-11-1-3-13-4-2-11;7-6-4-2-1-3-5-6;4*1-2/h1-3,16H,4H2;1-5H2,(H2,8,9,10,12);1-5H;4*1-2H3. The molecule has 0 bridgehead atoms. The largest absolute Gasteiger partial charge is 0.416 e. The van der Waals surface area contributed by atoms with E-state index in [0.717, 1.165) is 26.3 Å². The summed E-state index contributed by atoms with van der Waals surface area (Å²) in [5.41, 5.74) is -3.52. The van der Waals surface area contributed by atoms with E-state index >= 15 is 0 Å². The van der Waals surface area contributed by atoms with Crippen LogP contribution in [0.2, 0.25) is 0 Å². The molecule has 3 aromatic rings. The lowest BCUT2D eigenvalue weighted by Gasteiger charge is -2.25. The van der Waals surface area contributed by atoms with Crippen LogP contribution in [0.15, 0.2) is 53.3 Å². The topological polar surface area (TPSA) is 94.2 Å². The number of aliphatic hydroxyl groups is 1. The summed E-state index contributed by atoms with van der Waals surface area (Å²) in [6.07, 6.45) is -9.74. The number of alkyl halides is 6. The molecule has 1 aromatic heterocycles. The van der Waals surface area contributed by atoms with Gasteiger partial charge in [0.2, 0.25) is 0 Å². The van der Waals surface area contributed by atoms with Crippen molar-refractivity contribution in [2.24, 2.45) is 0 Å². The highest BCUT2D eigenvalue weighted by Gasteiger charge is 2.36. The Morgan fingerprint density at radius 1 is 0.818 bits per heavy atom. The van der Waals surface area contributed by atoms with Crippen molar-refractivity contribution in [2.45, 2.75) is 80.9 Å². The third kappa shape index (κ3) is 20.6. The van der Waals surface area contributed by atoms with Gasteiger partial charge >= 0.3 is 18.0 Å². The molecule has 44 heavy (non-hydrogen) atoms. The number of aliphatic hydroxyl groups excluding tert-OH is 1. The molecule has 0 unspecified atom stereocenters. The molecule has 7 nitrogen and oxygen atoms in total. The van der Waals surface area contributed by atoms with Crippen molar-refractivity contribution >= 4 is 0 Å². The molecule has 0 spiro atoms. The first-order chi connectivity index (χ1) is 20.9. The molecule has 0 radical (unpaired) electrons. The highest BCUT2D eigenvalue weighted by Crippen LogP contribution is 2.36. The van der Waals surface area contributed by atoms with Gasteiger partial charge in [0.15, 0.2) is 0 Å². The fourth-order valence-electron chi connectivity index (χ4n) is 2.88. The summed E-state index contributed by atoms with van der Waals surface area (Å²) in [6, 6.07) is 8.91. The number of aromatic nitrogens is 3. The second-order valence-electron chi connectivity index (χ2n) is 7.38. The fraction of sp³-hybridized carbons (Fsp3) is 0.533. The molecule has 4 rings (SSSR count). The lowest BCUT2D eigenvalue weighted by molar-refractivity contribution is -0.143. The van der Waals surface area contributed by atoms with Crippen LogP contribution in [0.4, 0.5) is 30.7 Å². The Morgan fingerprint density at radius 2 is 1.27 bits per heavy atom. The predicted molar refractivity (Wildman–Crippen MR) is 159 cm³/mol. The van der Waals surface area contributed by atoms with E-state index in [9.17, 15) is 35.5 Å². The molecule has 14 heteroatoms. The molecular weight excluding hydrogens is 597 g/mol. The highest BCUT2D eigenvalue weighted by atomic mass is 19.4. The number of ether oxygens (including phenoxy) is 1. The Hall–Kier alpha value is -3.23. The smallest absolute Gasteiger partial charge is 0.392 e. The van der Waals surface area contributed by atoms with Crippen LogP contribution in [-0.4, -0.2) is 51.5 Å². The van der Waals surface area contributed by atoms with Crippen molar-refractivity contribution in [3.63, 3.8) is 0 Å². The quantitative estimate of drug-likeness (QED) is 0.251. The summed E-state index contributed by atoms with van der Waals surface area (Å²) in [5, 5.41) is 14.8. The van der Waals surface area contributed by atoms with Crippen LogP contribution in [-0.2, 0) is 30.2 Å². The van der Waals surface area contributed by atoms with Crippen molar-refractivity contribution in [3.8, 4) is 0 Å². The summed E-state index contributed by atoms with van der Waals surface area (Å²) in [4.78, 5) is 15.5. The maximum atomic E-state index is 12.2. The van der Waals surface area contributed by atoms with Gasteiger partial charge in [0.25, 0.3) is 0 Å². The maximum Gasteiger partial charge on any atom is 0.416 e. The van der Waals surface area contributed by atoms with Crippen molar-refractivity contribution in [1.29, 1.82) is 0 Å². The second kappa shape index (κ2) is 26.2. The molecule has 0 atom stereocenters. The zero-order chi connectivity index (χ0) is 34.8. The normalized spacial score (nSPS) is 12.3. The van der Waals surface area contributed by atoms with Gasteiger partial charge in [-0.15, -0.1) is 0 Å². The van der Waals surface area contributed by atoms with Crippen molar-refractivity contribution < 1.29 is 40.6 Å². The number of rotatable bonds is 3. The third-order valence-electron chi connectivity index (χ3n) is 4.59. The van der Waals surface area contributed by atoms with Gasteiger partial charge in [-0.2, -0.15) is 31.4 Å². The van der Waals surface area contributed by atoms with Crippen LogP contribution >= 0.6 is 0 Å². The Bertz CT molecular complexity index is 1080. The molecule has 1 fully saturated rings. The van der Waals surface area contributed by atoms with Gasteiger partial charge < -0.3 is 9.84 Å². The van der Waals surface area contributed by atoms with E-state index in [1.54, 1.807) is 18.2 Å². The number of nitrogens with zero attached hydrogens (tertiary/aromatic N) is 2. The molecule has 1 aliphatic heterocycles. The number of nitrogens with one attached hydrogen (secondary N) is 2. The fourth-order valence-corrected chi connectivity index (χ4v) is 2.88. The van der Waals surface area contributed by atoms with Gasteiger partial charge in [-0.1, -0.05) is 73.6 Å². The average molecular weight is 645 g/mol. The summed E-state index contributed by atoms with van der Waals surface area (Å²) < 4.78 is 90.4. The average Bonchev–Trinajstić information content (AvgIpc) is 3.45. The van der Waals surface area contributed by atoms with E-state index in [4.69, 9.17) is 9.84 Å². The molecule has 2 heterocycles. The molecule has 1 saturated heterocycles. The molecular formula is C30H47F7N4O3. The van der Waals surface area contributed by atoms with Crippen LogP contribution in [0.3, 0.4) is 0 Å². The van der Waals surface area contributed by atoms with Crippen LogP contribution in [0, 0.1) is 5.82 Å². The van der Waals surface area contributed by atoms with Gasteiger partial charge in [-0.3, -0.25) is 9.88 Å². The minimum atomic E-state index is -4.87. The molecule has 0 saturated carbocycles. The van der Waals surface area contributed by atoms with Crippen LogP contribution in [0.5, 0.6) is 0 Å². The Labute approximate surface area is 255 Å². The zero-order valence-electron chi connectivity index (χ0n) is 26.7. The number of morpholine rings is 1. The van der Waals surface area contributed by atoms with Crippen LogP contribution in [0.25, 0.3) is 0 Å². The number of H-pyrrole nitrogens is 2. The Balaban J connectivity index is -0.000000536.